The summed E-state index contributed by atoms with van der Waals surface area (Å²) in [5.41, 5.74) is 8.02. The molecule has 5 nitrogen and oxygen atoms in total. The molecular formula is C28H20N4O. The lowest BCUT2D eigenvalue weighted by Crippen LogP contribution is -2.17. The van der Waals surface area contributed by atoms with Crippen LogP contribution < -0.4 is 5.56 Å². The summed E-state index contributed by atoms with van der Waals surface area (Å²) in [5.74, 6) is 0. The van der Waals surface area contributed by atoms with Crippen molar-refractivity contribution < 1.29 is 0 Å². The first-order chi connectivity index (χ1) is 16.2. The highest BCUT2D eigenvalue weighted by Gasteiger charge is 2.20. The number of hydrogen-bond acceptors (Lipinski definition) is 3. The molecule has 6 aromatic rings. The zero-order chi connectivity index (χ0) is 22.4. The highest BCUT2D eigenvalue weighted by atomic mass is 16.1. The average Bonchev–Trinajstić information content (AvgIpc) is 3.24. The lowest BCUT2D eigenvalue weighted by atomic mass is 9.99. The maximum absolute atomic E-state index is 13.8. The Balaban J connectivity index is 1.66. The Morgan fingerprint density at radius 2 is 1.61 bits per heavy atom. The van der Waals surface area contributed by atoms with Gasteiger partial charge in [0.25, 0.3) is 5.56 Å². The molecule has 0 aliphatic rings. The zero-order valence-electron chi connectivity index (χ0n) is 18.0. The van der Waals surface area contributed by atoms with Crippen LogP contribution in [0.15, 0.2) is 102 Å². The lowest BCUT2D eigenvalue weighted by molar-refractivity contribution is 1.05. The molecule has 33 heavy (non-hydrogen) atoms. The quantitative estimate of drug-likeness (QED) is 0.383. The van der Waals surface area contributed by atoms with Gasteiger partial charge < -0.3 is 4.98 Å². The molecule has 0 radical (unpaired) electrons. The molecule has 0 saturated carbocycles. The Morgan fingerprint density at radius 1 is 0.788 bits per heavy atom. The van der Waals surface area contributed by atoms with Crippen molar-refractivity contribution in [3.63, 3.8) is 0 Å². The molecule has 0 spiro atoms. The summed E-state index contributed by atoms with van der Waals surface area (Å²) >= 11 is 0. The Morgan fingerprint density at radius 3 is 2.42 bits per heavy atom. The third-order valence-corrected chi connectivity index (χ3v) is 6.06. The normalized spacial score (nSPS) is 11.3. The number of rotatable bonds is 3. The standard InChI is InChI=1S/C28H20N4O/c1-18-25(22-9-10-24-21(16-22)8-5-13-30-24)28(33)32-17-23(19-11-14-29-15-12-19)26(27(32)31-18)20-6-3-2-4-7-20/h2-17,31H,1H3. The molecule has 0 fully saturated rings. The van der Waals surface area contributed by atoms with Gasteiger partial charge in [-0.2, -0.15) is 0 Å². The molecular weight excluding hydrogens is 408 g/mol. The molecule has 0 saturated heterocycles. The van der Waals surface area contributed by atoms with E-state index in [4.69, 9.17) is 0 Å². The van der Waals surface area contributed by atoms with Gasteiger partial charge in [0.15, 0.2) is 0 Å². The van der Waals surface area contributed by atoms with Crippen LogP contribution in [0.3, 0.4) is 0 Å². The lowest BCUT2D eigenvalue weighted by Gasteiger charge is -2.10. The minimum absolute atomic E-state index is 0.0537. The molecule has 0 atom stereocenters. The molecule has 6 rings (SSSR count). The number of benzene rings is 2. The van der Waals surface area contributed by atoms with Gasteiger partial charge in [0.2, 0.25) is 0 Å². The average molecular weight is 428 g/mol. The molecule has 4 aromatic heterocycles. The number of H-pyrrole nitrogens is 1. The Kier molecular flexibility index (Phi) is 4.40. The van der Waals surface area contributed by atoms with E-state index >= 15 is 0 Å². The molecule has 5 heteroatoms. The van der Waals surface area contributed by atoms with E-state index in [-0.39, 0.29) is 5.56 Å². The predicted octanol–water partition coefficient (Wildman–Crippen LogP) is 5.88. The molecule has 0 bridgehead atoms. The molecule has 0 unspecified atom stereocenters. The summed E-state index contributed by atoms with van der Waals surface area (Å²) in [6.45, 7) is 1.96. The van der Waals surface area contributed by atoms with Gasteiger partial charge in [-0.15, -0.1) is 0 Å². The summed E-state index contributed by atoms with van der Waals surface area (Å²) < 4.78 is 1.73. The number of aryl methyl sites for hydroxylation is 1. The molecule has 2 aromatic carbocycles. The van der Waals surface area contributed by atoms with Crippen LogP contribution in [-0.4, -0.2) is 19.4 Å². The topological polar surface area (TPSA) is 63.1 Å². The molecule has 0 amide bonds. The van der Waals surface area contributed by atoms with Crippen LogP contribution in [0.2, 0.25) is 0 Å². The highest BCUT2D eigenvalue weighted by Crippen LogP contribution is 2.36. The Hall–Kier alpha value is -4.51. The fraction of sp³-hybridized carbons (Fsp3) is 0.0357. The largest absolute Gasteiger partial charge is 0.344 e. The second-order valence-corrected chi connectivity index (χ2v) is 8.08. The second-order valence-electron chi connectivity index (χ2n) is 8.08. The van der Waals surface area contributed by atoms with E-state index in [9.17, 15) is 4.79 Å². The van der Waals surface area contributed by atoms with Crippen LogP contribution in [0.1, 0.15) is 5.69 Å². The first-order valence-corrected chi connectivity index (χ1v) is 10.8. The molecule has 4 heterocycles. The van der Waals surface area contributed by atoms with E-state index in [1.165, 1.54) is 0 Å². The highest BCUT2D eigenvalue weighted by molar-refractivity contribution is 5.93. The number of nitrogens with zero attached hydrogens (tertiary/aromatic N) is 3. The van der Waals surface area contributed by atoms with Crippen molar-refractivity contribution in [2.45, 2.75) is 6.92 Å². The summed E-state index contributed by atoms with van der Waals surface area (Å²) in [4.78, 5) is 25.9. The predicted molar refractivity (Wildman–Crippen MR) is 132 cm³/mol. The summed E-state index contributed by atoms with van der Waals surface area (Å²) in [6, 6.07) is 24.0. The summed E-state index contributed by atoms with van der Waals surface area (Å²) in [7, 11) is 0. The van der Waals surface area contributed by atoms with Crippen LogP contribution in [0.5, 0.6) is 0 Å². The fourth-order valence-corrected chi connectivity index (χ4v) is 4.53. The van der Waals surface area contributed by atoms with Crippen molar-refractivity contribution >= 4 is 16.6 Å². The first kappa shape index (κ1) is 19.2. The molecule has 1 N–H and O–H groups in total. The van der Waals surface area contributed by atoms with Crippen molar-refractivity contribution in [2.24, 2.45) is 0 Å². The summed E-state index contributed by atoms with van der Waals surface area (Å²) in [5, 5.41) is 1.00. The van der Waals surface area contributed by atoms with E-state index in [2.05, 4.69) is 27.1 Å². The van der Waals surface area contributed by atoms with Crippen molar-refractivity contribution in [2.75, 3.05) is 0 Å². The van der Waals surface area contributed by atoms with Crippen LogP contribution in [-0.2, 0) is 0 Å². The van der Waals surface area contributed by atoms with Gasteiger partial charge in [0.05, 0.1) is 11.1 Å². The van der Waals surface area contributed by atoms with Gasteiger partial charge in [-0.05, 0) is 53.9 Å². The van der Waals surface area contributed by atoms with E-state index in [1.807, 2.05) is 73.8 Å². The fourth-order valence-electron chi connectivity index (χ4n) is 4.53. The maximum Gasteiger partial charge on any atom is 0.265 e. The van der Waals surface area contributed by atoms with Crippen molar-refractivity contribution in [1.82, 2.24) is 19.4 Å². The minimum atomic E-state index is -0.0537. The molecule has 0 aliphatic carbocycles. The van der Waals surface area contributed by atoms with Gasteiger partial charge in [-0.25, -0.2) is 0 Å². The van der Waals surface area contributed by atoms with Crippen LogP contribution in [0, 0.1) is 6.92 Å². The van der Waals surface area contributed by atoms with Crippen LogP contribution in [0.25, 0.3) is 49.9 Å². The van der Waals surface area contributed by atoms with Crippen LogP contribution in [0.4, 0.5) is 0 Å². The van der Waals surface area contributed by atoms with Crippen LogP contribution >= 0.6 is 0 Å². The van der Waals surface area contributed by atoms with Gasteiger partial charge in [-0.1, -0.05) is 42.5 Å². The zero-order valence-corrected chi connectivity index (χ0v) is 18.0. The molecule has 0 aliphatic heterocycles. The smallest absolute Gasteiger partial charge is 0.265 e. The monoisotopic (exact) mass is 428 g/mol. The molecule has 158 valence electrons. The maximum atomic E-state index is 13.8. The van der Waals surface area contributed by atoms with Crippen molar-refractivity contribution in [1.29, 1.82) is 0 Å². The Labute approximate surface area is 190 Å². The summed E-state index contributed by atoms with van der Waals surface area (Å²) in [6.07, 6.45) is 7.25. The second kappa shape index (κ2) is 7.57. The van der Waals surface area contributed by atoms with Gasteiger partial charge in [0, 0.05) is 47.0 Å². The third kappa shape index (κ3) is 3.13. The van der Waals surface area contributed by atoms with Gasteiger partial charge in [-0.3, -0.25) is 19.2 Å². The van der Waals surface area contributed by atoms with Gasteiger partial charge in [0.1, 0.15) is 5.65 Å². The van der Waals surface area contributed by atoms with E-state index in [0.29, 0.717) is 5.56 Å². The third-order valence-electron chi connectivity index (χ3n) is 6.06. The number of fused-ring (bicyclic) bond motifs is 2. The number of nitrogens with one attached hydrogen (secondary N) is 1. The Bertz CT molecular complexity index is 1680. The minimum Gasteiger partial charge on any atom is -0.344 e. The number of hydrogen-bond donors (Lipinski definition) is 1. The first-order valence-electron chi connectivity index (χ1n) is 10.8. The van der Waals surface area contributed by atoms with E-state index in [0.717, 1.165) is 50.1 Å². The van der Waals surface area contributed by atoms with E-state index in [1.54, 1.807) is 23.0 Å². The number of aromatic amines is 1. The van der Waals surface area contributed by atoms with E-state index < -0.39 is 0 Å². The number of pyridine rings is 2. The van der Waals surface area contributed by atoms with Crippen molar-refractivity contribution in [3.05, 3.63) is 114 Å². The number of aromatic nitrogens is 4. The SMILES string of the molecule is Cc1[nH]c2c(-c3ccccc3)c(-c3ccncc3)cn2c(=O)c1-c1ccc2ncccc2c1. The van der Waals surface area contributed by atoms with Gasteiger partial charge >= 0.3 is 0 Å². The van der Waals surface area contributed by atoms with Crippen molar-refractivity contribution in [3.8, 4) is 33.4 Å².